The molecule has 0 amide bonds. The number of hydrogen-bond donors (Lipinski definition) is 1. The average molecular weight is 246 g/mol. The van der Waals surface area contributed by atoms with Crippen molar-refractivity contribution in [2.75, 3.05) is 0 Å². The number of hydrogen-bond acceptors (Lipinski definition) is 4. The number of nitrogens with zero attached hydrogens (tertiary/aromatic N) is 4. The quantitative estimate of drug-likeness (QED) is 0.730. The van der Waals surface area contributed by atoms with Gasteiger partial charge in [0.05, 0.1) is 6.54 Å². The second kappa shape index (κ2) is 3.90. The molecule has 0 saturated carbocycles. The summed E-state index contributed by atoms with van der Waals surface area (Å²) in [7, 11) is 0. The molecule has 6 heteroatoms. The van der Waals surface area contributed by atoms with Gasteiger partial charge in [-0.2, -0.15) is 9.61 Å². The van der Waals surface area contributed by atoms with E-state index in [1.807, 2.05) is 6.92 Å². The van der Waals surface area contributed by atoms with E-state index < -0.39 is 0 Å². The second-order valence-corrected chi connectivity index (χ2v) is 4.75. The third-order valence-corrected chi connectivity index (χ3v) is 3.58. The van der Waals surface area contributed by atoms with Crippen LogP contribution in [-0.2, 0) is 6.54 Å². The van der Waals surface area contributed by atoms with Gasteiger partial charge < -0.3 is 5.73 Å². The zero-order valence-corrected chi connectivity index (χ0v) is 10.2. The van der Waals surface area contributed by atoms with Crippen LogP contribution in [0.25, 0.3) is 15.5 Å². The molecule has 5 nitrogen and oxygen atoms in total. The van der Waals surface area contributed by atoms with Crippen LogP contribution in [0.1, 0.15) is 11.4 Å². The highest BCUT2D eigenvalue weighted by atomic mass is 32.1. The molecule has 2 heterocycles. The van der Waals surface area contributed by atoms with Crippen molar-refractivity contribution in [3.63, 3.8) is 0 Å². The maximum Gasteiger partial charge on any atom is 0.234 e. The molecule has 2 aromatic heterocycles. The van der Waals surface area contributed by atoms with Crippen molar-refractivity contribution in [3.05, 3.63) is 35.7 Å². The highest BCUT2D eigenvalue weighted by Gasteiger charge is 2.09. The number of aryl methyl sites for hydroxylation is 1. The average Bonchev–Trinajstić information content (AvgIpc) is 2.92. The Bertz CT molecular complexity index is 652. The van der Waals surface area contributed by atoms with Gasteiger partial charge in [0, 0.05) is 11.1 Å². The van der Waals surface area contributed by atoms with Gasteiger partial charge in [0.15, 0.2) is 5.82 Å². The van der Waals surface area contributed by atoms with Crippen molar-refractivity contribution in [1.82, 2.24) is 19.8 Å². The maximum absolute atomic E-state index is 4.49. The van der Waals surface area contributed by atoms with E-state index in [9.17, 15) is 0 Å². The Morgan fingerprint density at radius 1 is 1.24 bits per heavy atom. The molecule has 0 aliphatic heterocycles. The van der Waals surface area contributed by atoms with E-state index in [4.69, 9.17) is 0 Å². The van der Waals surface area contributed by atoms with Gasteiger partial charge in [-0.3, -0.25) is 0 Å². The van der Waals surface area contributed by atoms with Crippen molar-refractivity contribution in [2.24, 2.45) is 0 Å². The van der Waals surface area contributed by atoms with Gasteiger partial charge in [-0.1, -0.05) is 35.6 Å². The summed E-state index contributed by atoms with van der Waals surface area (Å²) >= 11 is 1.55. The second-order valence-electron chi connectivity index (χ2n) is 3.80. The predicted octanol–water partition coefficient (Wildman–Crippen LogP) is 0.903. The minimum absolute atomic E-state index is 0.810. The molecule has 0 saturated heterocycles. The van der Waals surface area contributed by atoms with Crippen molar-refractivity contribution >= 4 is 16.3 Å². The summed E-state index contributed by atoms with van der Waals surface area (Å²) in [5, 5.41) is 13.5. The third kappa shape index (κ3) is 1.71. The molecule has 86 valence electrons. The minimum atomic E-state index is 0.810. The smallest absolute Gasteiger partial charge is 0.234 e. The molecule has 0 fully saturated rings. The fourth-order valence-electron chi connectivity index (χ4n) is 1.65. The lowest BCUT2D eigenvalue weighted by atomic mass is 10.1. The number of aromatic nitrogens is 4. The molecule has 3 N–H and O–H groups in total. The van der Waals surface area contributed by atoms with E-state index in [1.165, 1.54) is 5.56 Å². The van der Waals surface area contributed by atoms with Gasteiger partial charge >= 0.3 is 0 Å². The molecule has 0 radical (unpaired) electrons. The first-order chi connectivity index (χ1) is 8.28. The molecule has 0 aliphatic rings. The molecule has 0 spiro atoms. The zero-order chi connectivity index (χ0) is 11.8. The normalized spacial score (nSPS) is 11.2. The van der Waals surface area contributed by atoms with Crippen LogP contribution in [0.3, 0.4) is 0 Å². The summed E-state index contributed by atoms with van der Waals surface area (Å²) in [5.41, 5.74) is 6.20. The summed E-state index contributed by atoms with van der Waals surface area (Å²) in [6.07, 6.45) is 0. The lowest BCUT2D eigenvalue weighted by Gasteiger charge is -1.96. The Morgan fingerprint density at radius 2 is 2.00 bits per heavy atom. The third-order valence-electron chi connectivity index (χ3n) is 2.64. The van der Waals surface area contributed by atoms with Crippen LogP contribution in [0.2, 0.25) is 0 Å². The van der Waals surface area contributed by atoms with Crippen LogP contribution in [0.5, 0.6) is 0 Å². The number of rotatable bonds is 2. The Balaban J connectivity index is 2.07. The Labute approximate surface area is 102 Å². The van der Waals surface area contributed by atoms with Crippen LogP contribution < -0.4 is 5.73 Å². The van der Waals surface area contributed by atoms with Crippen LogP contribution in [0.15, 0.2) is 24.3 Å². The molecule has 3 rings (SSSR count). The fraction of sp³-hybridized carbons (Fsp3) is 0.182. The molecule has 0 atom stereocenters. The van der Waals surface area contributed by atoms with Gasteiger partial charge in [0.1, 0.15) is 5.01 Å². The van der Waals surface area contributed by atoms with Gasteiger partial charge in [-0.15, -0.1) is 10.2 Å². The number of fused-ring (bicyclic) bond motifs is 1. The van der Waals surface area contributed by atoms with Gasteiger partial charge in [-0.05, 0) is 6.92 Å². The van der Waals surface area contributed by atoms with Crippen molar-refractivity contribution in [3.8, 4) is 10.6 Å². The maximum atomic E-state index is 4.49. The fourth-order valence-corrected chi connectivity index (χ4v) is 2.54. The van der Waals surface area contributed by atoms with Crippen molar-refractivity contribution in [1.29, 1.82) is 0 Å². The zero-order valence-electron chi connectivity index (χ0n) is 9.42. The highest BCUT2D eigenvalue weighted by Crippen LogP contribution is 2.25. The van der Waals surface area contributed by atoms with Crippen molar-refractivity contribution in [2.45, 2.75) is 13.5 Å². The monoisotopic (exact) mass is 246 g/mol. The molecule has 1 aromatic carbocycles. The summed E-state index contributed by atoms with van der Waals surface area (Å²) in [6, 6.07) is 8.30. The molecule has 3 aromatic rings. The van der Waals surface area contributed by atoms with Crippen LogP contribution >= 0.6 is 11.3 Å². The van der Waals surface area contributed by atoms with E-state index in [2.05, 4.69) is 45.3 Å². The highest BCUT2D eigenvalue weighted by molar-refractivity contribution is 7.19. The Kier molecular flexibility index (Phi) is 2.38. The first-order valence-electron chi connectivity index (χ1n) is 5.35. The molecule has 0 unspecified atom stereocenters. The topological polar surface area (TPSA) is 70.7 Å². The lowest BCUT2D eigenvalue weighted by molar-refractivity contribution is -0.386. The van der Waals surface area contributed by atoms with Crippen LogP contribution in [-0.4, -0.2) is 19.8 Å². The summed E-state index contributed by atoms with van der Waals surface area (Å²) in [4.78, 5) is 0.832. The van der Waals surface area contributed by atoms with Gasteiger partial charge in [0.2, 0.25) is 4.96 Å². The molecular weight excluding hydrogens is 234 g/mol. The van der Waals surface area contributed by atoms with E-state index >= 15 is 0 Å². The predicted molar refractivity (Wildman–Crippen MR) is 65.4 cm³/mol. The van der Waals surface area contributed by atoms with Crippen molar-refractivity contribution < 1.29 is 5.73 Å². The molecule has 0 aliphatic carbocycles. The van der Waals surface area contributed by atoms with Gasteiger partial charge in [0.25, 0.3) is 0 Å². The van der Waals surface area contributed by atoms with E-state index in [1.54, 1.807) is 15.9 Å². The number of quaternary nitrogens is 1. The standard InChI is InChI=1S/C11H11N5S/c1-7-13-14-11-16(7)15-10(17-11)9-4-2-8(6-12)3-5-9/h2-5H,6,12H2,1H3/p+1. The summed E-state index contributed by atoms with van der Waals surface area (Å²) in [5.74, 6) is 0.817. The molecule has 17 heavy (non-hydrogen) atoms. The first-order valence-corrected chi connectivity index (χ1v) is 6.17. The lowest BCUT2D eigenvalue weighted by Crippen LogP contribution is -2.47. The van der Waals surface area contributed by atoms with Crippen LogP contribution in [0, 0.1) is 6.92 Å². The van der Waals surface area contributed by atoms with Gasteiger partial charge in [-0.25, -0.2) is 0 Å². The largest absolute Gasteiger partial charge is 0.354 e. The molecular formula is C11H12N5S+. The van der Waals surface area contributed by atoms with E-state index in [-0.39, 0.29) is 0 Å². The Hall–Kier alpha value is -1.79. The van der Waals surface area contributed by atoms with E-state index in [0.29, 0.717) is 0 Å². The Morgan fingerprint density at radius 3 is 2.65 bits per heavy atom. The van der Waals surface area contributed by atoms with E-state index in [0.717, 1.165) is 27.9 Å². The SMILES string of the molecule is Cc1nnc2sc(-c3ccc(C[NH3+])cc3)nn12. The number of benzene rings is 1. The van der Waals surface area contributed by atoms with Crippen LogP contribution in [0.4, 0.5) is 0 Å². The molecule has 0 bridgehead atoms. The summed E-state index contributed by atoms with van der Waals surface area (Å²) in [6.45, 7) is 2.71. The minimum Gasteiger partial charge on any atom is -0.354 e. The summed E-state index contributed by atoms with van der Waals surface area (Å²) < 4.78 is 1.77. The first kappa shape index (κ1) is 10.4.